The van der Waals surface area contributed by atoms with Crippen molar-refractivity contribution in [3.8, 4) is 0 Å². The highest BCUT2D eigenvalue weighted by Crippen LogP contribution is 2.44. The maximum Gasteiger partial charge on any atom is 0.170 e. The minimum Gasteiger partial charge on any atom is -0.296 e. The Morgan fingerprint density at radius 3 is 2.81 bits per heavy atom. The Kier molecular flexibility index (Phi) is 2.70. The van der Waals surface area contributed by atoms with E-state index in [2.05, 4.69) is 20.7 Å². The lowest BCUT2D eigenvalue weighted by Crippen LogP contribution is -2.37. The average Bonchev–Trinajstić information content (AvgIpc) is 2.74. The van der Waals surface area contributed by atoms with Gasteiger partial charge in [-0.2, -0.15) is 8.75 Å². The molecule has 0 amide bonds. The number of aromatic nitrogens is 2. The zero-order valence-electron chi connectivity index (χ0n) is 8.78. The second-order valence-electron chi connectivity index (χ2n) is 4.34. The molecule has 3 nitrogen and oxygen atoms in total. The van der Waals surface area contributed by atoms with Gasteiger partial charge in [-0.3, -0.25) is 4.90 Å². The van der Waals surface area contributed by atoms with Crippen LogP contribution >= 0.6 is 34.9 Å². The highest BCUT2D eigenvalue weighted by molar-refractivity contribution is 6.99. The van der Waals surface area contributed by atoms with E-state index in [4.69, 9.17) is 23.2 Å². The van der Waals surface area contributed by atoms with Gasteiger partial charge in [0.1, 0.15) is 5.69 Å². The predicted molar refractivity (Wildman–Crippen MR) is 66.9 cm³/mol. The van der Waals surface area contributed by atoms with Crippen LogP contribution in [0.5, 0.6) is 0 Å². The van der Waals surface area contributed by atoms with Crippen LogP contribution in [-0.4, -0.2) is 32.8 Å². The molecular weight excluding hydrogens is 265 g/mol. The van der Waals surface area contributed by atoms with Crippen molar-refractivity contribution in [2.75, 3.05) is 7.05 Å². The summed E-state index contributed by atoms with van der Waals surface area (Å²) < 4.78 is 8.29. The van der Waals surface area contributed by atoms with Crippen molar-refractivity contribution in [3.63, 3.8) is 0 Å². The van der Waals surface area contributed by atoms with Crippen molar-refractivity contribution >= 4 is 40.5 Å². The van der Waals surface area contributed by atoms with Gasteiger partial charge in [0.05, 0.1) is 11.7 Å². The van der Waals surface area contributed by atoms with Crippen LogP contribution in [0.15, 0.2) is 5.03 Å². The molecule has 1 saturated heterocycles. The molecule has 1 fully saturated rings. The lowest BCUT2D eigenvalue weighted by molar-refractivity contribution is 0.265. The monoisotopic (exact) mass is 275 g/mol. The Morgan fingerprint density at radius 2 is 2.12 bits per heavy atom. The molecule has 0 spiro atoms. The highest BCUT2D eigenvalue weighted by atomic mass is 35.5. The molecule has 86 valence electrons. The number of hydrogen-bond donors (Lipinski definition) is 0. The molecule has 0 aromatic carbocycles. The van der Waals surface area contributed by atoms with Crippen LogP contribution in [0.3, 0.4) is 0 Å². The van der Waals surface area contributed by atoms with E-state index in [1.807, 2.05) is 0 Å². The lowest BCUT2D eigenvalue weighted by Gasteiger charge is -2.32. The molecule has 2 unspecified atom stereocenters. The van der Waals surface area contributed by atoms with Crippen LogP contribution in [-0.2, 0) is 0 Å². The molecule has 1 aromatic heterocycles. The van der Waals surface area contributed by atoms with E-state index in [1.54, 1.807) is 0 Å². The molecule has 3 rings (SSSR count). The third kappa shape index (κ3) is 1.51. The molecule has 2 aliphatic heterocycles. The summed E-state index contributed by atoms with van der Waals surface area (Å²) in [6.07, 6.45) is 3.26. The molecule has 16 heavy (non-hydrogen) atoms. The first kappa shape index (κ1) is 11.0. The number of halogens is 2. The van der Waals surface area contributed by atoms with Crippen LogP contribution in [0.2, 0.25) is 5.15 Å². The van der Waals surface area contributed by atoms with Crippen molar-refractivity contribution in [2.45, 2.75) is 31.3 Å². The lowest BCUT2D eigenvalue weighted by atomic mass is 9.99. The van der Waals surface area contributed by atoms with E-state index in [0.29, 0.717) is 17.2 Å². The van der Waals surface area contributed by atoms with Gasteiger partial charge in [0.2, 0.25) is 0 Å². The number of likely N-dealkylation sites (N-methyl/N-ethyl adjacent to an activating group) is 1. The number of nitrogens with zero attached hydrogens (tertiary/aromatic N) is 3. The van der Waals surface area contributed by atoms with Crippen LogP contribution in [0.1, 0.15) is 25.0 Å². The number of hydrogen-bond acceptors (Lipinski definition) is 4. The van der Waals surface area contributed by atoms with E-state index in [9.17, 15) is 0 Å². The first-order valence-corrected chi connectivity index (χ1v) is 6.76. The molecule has 0 saturated carbocycles. The van der Waals surface area contributed by atoms with Gasteiger partial charge in [0.25, 0.3) is 0 Å². The van der Waals surface area contributed by atoms with Gasteiger partial charge in [-0.1, -0.05) is 23.2 Å². The van der Waals surface area contributed by atoms with Crippen LogP contribution in [0.4, 0.5) is 0 Å². The second kappa shape index (κ2) is 3.95. The first-order chi connectivity index (χ1) is 7.68. The van der Waals surface area contributed by atoms with Gasteiger partial charge in [0.15, 0.2) is 5.15 Å². The third-order valence-corrected chi connectivity index (χ3v) is 4.83. The Hall–Kier alpha value is -0.160. The summed E-state index contributed by atoms with van der Waals surface area (Å²) >= 11 is 13.6. The van der Waals surface area contributed by atoms with Gasteiger partial charge in [0, 0.05) is 22.7 Å². The smallest absolute Gasteiger partial charge is 0.170 e. The summed E-state index contributed by atoms with van der Waals surface area (Å²) in [5, 5.41) is 1.40. The molecule has 2 aliphatic rings. The molecule has 2 atom stereocenters. The van der Waals surface area contributed by atoms with E-state index in [0.717, 1.165) is 40.9 Å². The van der Waals surface area contributed by atoms with Crippen molar-refractivity contribution in [1.29, 1.82) is 0 Å². The van der Waals surface area contributed by atoms with E-state index in [1.165, 1.54) is 6.42 Å². The van der Waals surface area contributed by atoms with E-state index < -0.39 is 0 Å². The Labute approximate surface area is 108 Å². The first-order valence-electron chi connectivity index (χ1n) is 5.27. The maximum atomic E-state index is 6.37. The van der Waals surface area contributed by atoms with Crippen molar-refractivity contribution < 1.29 is 0 Å². The summed E-state index contributed by atoms with van der Waals surface area (Å²) in [6.45, 7) is 0. The standard InChI is InChI=1S/C10H11Cl2N3S/c1-15-5-2-3-7(15)8(6(11)4-5)9-10(12)14-16-13-9/h5,7H,2-4H2,1H3. The molecule has 0 aliphatic carbocycles. The summed E-state index contributed by atoms with van der Waals surface area (Å²) in [4.78, 5) is 2.39. The SMILES string of the molecule is CN1C2CCC1C(c1nsnc1Cl)=C(Cl)C2. The van der Waals surface area contributed by atoms with Crippen molar-refractivity contribution in [3.05, 3.63) is 15.9 Å². The fraction of sp³-hybridized carbons (Fsp3) is 0.600. The van der Waals surface area contributed by atoms with Crippen molar-refractivity contribution in [1.82, 2.24) is 13.6 Å². The molecule has 1 aromatic rings. The zero-order chi connectivity index (χ0) is 11.3. The number of rotatable bonds is 1. The highest BCUT2D eigenvalue weighted by Gasteiger charge is 2.40. The zero-order valence-corrected chi connectivity index (χ0v) is 11.1. The largest absolute Gasteiger partial charge is 0.296 e. The molecular formula is C10H11Cl2N3S. The topological polar surface area (TPSA) is 29.0 Å². The Balaban J connectivity index is 2.09. The molecule has 0 radical (unpaired) electrons. The minimum absolute atomic E-state index is 0.368. The Morgan fingerprint density at radius 1 is 1.31 bits per heavy atom. The second-order valence-corrected chi connectivity index (χ2v) is 5.68. The maximum absolute atomic E-state index is 6.37. The Bertz CT molecular complexity index is 457. The summed E-state index contributed by atoms with van der Waals surface area (Å²) in [5.74, 6) is 0. The van der Waals surface area contributed by atoms with Gasteiger partial charge < -0.3 is 0 Å². The van der Waals surface area contributed by atoms with Crippen molar-refractivity contribution in [2.24, 2.45) is 0 Å². The number of fused-ring (bicyclic) bond motifs is 2. The molecule has 6 heteroatoms. The van der Waals surface area contributed by atoms with Gasteiger partial charge in [-0.25, -0.2) is 0 Å². The normalized spacial score (nSPS) is 30.2. The van der Waals surface area contributed by atoms with Gasteiger partial charge >= 0.3 is 0 Å². The predicted octanol–water partition coefficient (Wildman–Crippen LogP) is 3.01. The minimum atomic E-state index is 0.368. The molecule has 2 bridgehead atoms. The van der Waals surface area contributed by atoms with E-state index >= 15 is 0 Å². The van der Waals surface area contributed by atoms with E-state index in [-0.39, 0.29) is 0 Å². The van der Waals surface area contributed by atoms with Crippen LogP contribution < -0.4 is 0 Å². The summed E-state index contributed by atoms with van der Waals surface area (Å²) in [7, 11) is 2.15. The molecule has 0 N–H and O–H groups in total. The van der Waals surface area contributed by atoms with Crippen LogP contribution in [0.25, 0.3) is 5.57 Å². The molecule has 3 heterocycles. The third-order valence-electron chi connectivity index (χ3n) is 3.58. The summed E-state index contributed by atoms with van der Waals surface area (Å²) in [6, 6.07) is 0.958. The summed E-state index contributed by atoms with van der Waals surface area (Å²) in [5.41, 5.74) is 1.88. The fourth-order valence-electron chi connectivity index (χ4n) is 2.73. The average molecular weight is 276 g/mol. The van der Waals surface area contributed by atoms with Gasteiger partial charge in [-0.15, -0.1) is 0 Å². The van der Waals surface area contributed by atoms with Gasteiger partial charge in [-0.05, 0) is 26.3 Å². The quantitative estimate of drug-likeness (QED) is 0.789. The van der Waals surface area contributed by atoms with Crippen LogP contribution in [0, 0.1) is 0 Å². The fourth-order valence-corrected chi connectivity index (χ4v) is 3.87.